The molecule has 0 radical (unpaired) electrons. The number of rotatable bonds is 10. The van der Waals surface area contributed by atoms with Gasteiger partial charge in [0.05, 0.1) is 0 Å². The molecule has 7 nitrogen and oxygen atoms in total. The summed E-state index contributed by atoms with van der Waals surface area (Å²) in [6, 6.07) is 5.92. The molecule has 0 aliphatic carbocycles. The van der Waals surface area contributed by atoms with Gasteiger partial charge in [-0.1, -0.05) is 44.5 Å². The molecule has 3 amide bonds. The molecule has 0 aliphatic heterocycles. The van der Waals surface area contributed by atoms with E-state index in [1.807, 2.05) is 45.0 Å². The summed E-state index contributed by atoms with van der Waals surface area (Å²) in [7, 11) is 0. The van der Waals surface area contributed by atoms with Crippen molar-refractivity contribution in [3.05, 3.63) is 35.4 Å². The van der Waals surface area contributed by atoms with E-state index in [0.717, 1.165) is 24.8 Å². The van der Waals surface area contributed by atoms with E-state index in [2.05, 4.69) is 37.1 Å². The van der Waals surface area contributed by atoms with Crippen LogP contribution in [0.15, 0.2) is 24.3 Å². The van der Waals surface area contributed by atoms with Crippen molar-refractivity contribution < 1.29 is 19.1 Å². The Morgan fingerprint density at radius 1 is 1.03 bits per heavy atom. The predicted octanol–water partition coefficient (Wildman–Crippen LogP) is 4.66. The van der Waals surface area contributed by atoms with E-state index in [-0.39, 0.29) is 11.7 Å². The van der Waals surface area contributed by atoms with Crippen molar-refractivity contribution >= 4 is 30.5 Å². The Balaban J connectivity index is 3.41. The third-order valence-electron chi connectivity index (χ3n) is 5.17. The van der Waals surface area contributed by atoms with Gasteiger partial charge in [0.2, 0.25) is 11.8 Å². The average molecular weight is 494 g/mol. The SMILES string of the molecule is CCCCNC(=O)C(c1ccc(CC)cc1)N(C(=O)C(CS)NC(=O)OC(C)(C)C)C(C)(C)C. The second kappa shape index (κ2) is 13.0. The van der Waals surface area contributed by atoms with Crippen molar-refractivity contribution in [2.24, 2.45) is 0 Å². The summed E-state index contributed by atoms with van der Waals surface area (Å²) in [6.45, 7) is 15.5. The lowest BCUT2D eigenvalue weighted by Crippen LogP contribution is -2.59. The van der Waals surface area contributed by atoms with Crippen molar-refractivity contribution in [3.63, 3.8) is 0 Å². The first-order valence-electron chi connectivity index (χ1n) is 12.0. The van der Waals surface area contributed by atoms with E-state index < -0.39 is 35.2 Å². The summed E-state index contributed by atoms with van der Waals surface area (Å²) in [5.74, 6) is -0.594. The number of nitrogens with one attached hydrogen (secondary N) is 2. The number of carbonyl (C=O) groups excluding carboxylic acids is 3. The largest absolute Gasteiger partial charge is 0.444 e. The number of benzene rings is 1. The third-order valence-corrected chi connectivity index (χ3v) is 5.54. The van der Waals surface area contributed by atoms with E-state index in [9.17, 15) is 14.4 Å². The van der Waals surface area contributed by atoms with Gasteiger partial charge in [-0.2, -0.15) is 12.6 Å². The summed E-state index contributed by atoms with van der Waals surface area (Å²) in [5.41, 5.74) is 0.428. The number of thiol groups is 1. The maximum absolute atomic E-state index is 13.8. The molecule has 0 bridgehead atoms. The molecule has 0 saturated heterocycles. The second-order valence-electron chi connectivity index (χ2n) is 10.4. The highest BCUT2D eigenvalue weighted by Crippen LogP contribution is 2.30. The summed E-state index contributed by atoms with van der Waals surface area (Å²) in [6.07, 6.45) is 1.96. The minimum Gasteiger partial charge on any atom is -0.444 e. The van der Waals surface area contributed by atoms with Crippen LogP contribution < -0.4 is 10.6 Å². The number of ether oxygens (including phenoxy) is 1. The number of alkyl carbamates (subject to hydrolysis) is 1. The van der Waals surface area contributed by atoms with Gasteiger partial charge in [0.25, 0.3) is 0 Å². The van der Waals surface area contributed by atoms with Crippen LogP contribution in [0, 0.1) is 0 Å². The van der Waals surface area contributed by atoms with Gasteiger partial charge >= 0.3 is 6.09 Å². The lowest BCUT2D eigenvalue weighted by molar-refractivity contribution is -0.148. The number of amides is 3. The molecular formula is C26H43N3O4S. The molecule has 2 unspecified atom stereocenters. The number of hydrogen-bond donors (Lipinski definition) is 3. The molecule has 0 heterocycles. The Bertz CT molecular complexity index is 813. The highest BCUT2D eigenvalue weighted by Gasteiger charge is 2.41. The lowest BCUT2D eigenvalue weighted by atomic mass is 9.94. The monoisotopic (exact) mass is 493 g/mol. The zero-order chi connectivity index (χ0) is 26.1. The smallest absolute Gasteiger partial charge is 0.408 e. The molecule has 34 heavy (non-hydrogen) atoms. The molecule has 0 aromatic heterocycles. The van der Waals surface area contributed by atoms with E-state index in [1.165, 1.54) is 0 Å². The van der Waals surface area contributed by atoms with E-state index >= 15 is 0 Å². The molecule has 8 heteroatoms. The van der Waals surface area contributed by atoms with Crippen LogP contribution in [-0.2, 0) is 20.7 Å². The van der Waals surface area contributed by atoms with Crippen molar-refractivity contribution in [2.45, 2.75) is 97.9 Å². The van der Waals surface area contributed by atoms with Gasteiger partial charge < -0.3 is 20.3 Å². The first-order chi connectivity index (χ1) is 15.7. The summed E-state index contributed by atoms with van der Waals surface area (Å²) < 4.78 is 5.34. The Labute approximate surface area is 210 Å². The van der Waals surface area contributed by atoms with Crippen LogP contribution in [0.3, 0.4) is 0 Å². The Kier molecular flexibility index (Phi) is 11.4. The molecule has 0 spiro atoms. The minimum atomic E-state index is -0.960. The van der Waals surface area contributed by atoms with Gasteiger partial charge in [-0.3, -0.25) is 9.59 Å². The fraction of sp³-hybridized carbons (Fsp3) is 0.654. The lowest BCUT2D eigenvalue weighted by Gasteiger charge is -2.43. The Morgan fingerprint density at radius 3 is 2.06 bits per heavy atom. The molecule has 1 aromatic rings. The van der Waals surface area contributed by atoms with Crippen molar-refractivity contribution in [2.75, 3.05) is 12.3 Å². The molecule has 2 N–H and O–H groups in total. The van der Waals surface area contributed by atoms with Crippen molar-refractivity contribution in [1.29, 1.82) is 0 Å². The number of unbranched alkanes of at least 4 members (excludes halogenated alkanes) is 1. The number of hydrogen-bond acceptors (Lipinski definition) is 5. The highest BCUT2D eigenvalue weighted by atomic mass is 32.1. The van der Waals surface area contributed by atoms with Crippen molar-refractivity contribution in [3.8, 4) is 0 Å². The van der Waals surface area contributed by atoms with Crippen LogP contribution in [0.25, 0.3) is 0 Å². The first-order valence-corrected chi connectivity index (χ1v) is 12.7. The first kappa shape index (κ1) is 29.8. The standard InChI is InChI=1S/C26H43N3O4S/c1-9-11-16-27-22(30)21(19-14-12-18(10-2)13-15-19)29(25(3,4)5)23(31)20(17-34)28-24(32)33-26(6,7)8/h12-15,20-21,34H,9-11,16-17H2,1-8H3,(H,27,30)(H,28,32). The van der Waals surface area contributed by atoms with Crippen LogP contribution in [-0.4, -0.2) is 52.3 Å². The topological polar surface area (TPSA) is 87.7 Å². The Morgan fingerprint density at radius 2 is 1.62 bits per heavy atom. The normalized spacial score (nSPS) is 13.6. The Hall–Kier alpha value is -2.22. The summed E-state index contributed by atoms with van der Waals surface area (Å²) in [5, 5.41) is 5.61. The molecule has 0 aliphatic rings. The molecule has 2 atom stereocenters. The summed E-state index contributed by atoms with van der Waals surface area (Å²) >= 11 is 4.32. The van der Waals surface area contributed by atoms with Crippen LogP contribution in [0.2, 0.25) is 0 Å². The van der Waals surface area contributed by atoms with Crippen molar-refractivity contribution in [1.82, 2.24) is 15.5 Å². The highest BCUT2D eigenvalue weighted by molar-refractivity contribution is 7.80. The van der Waals surface area contributed by atoms with Gasteiger partial charge in [-0.15, -0.1) is 0 Å². The molecule has 1 aromatic carbocycles. The van der Waals surface area contributed by atoms with Gasteiger partial charge in [0.1, 0.15) is 17.7 Å². The number of nitrogens with zero attached hydrogens (tertiary/aromatic N) is 1. The summed E-state index contributed by atoms with van der Waals surface area (Å²) in [4.78, 5) is 41.2. The van der Waals surface area contributed by atoms with E-state index in [4.69, 9.17) is 4.74 Å². The minimum absolute atomic E-state index is 0.0591. The second-order valence-corrected chi connectivity index (χ2v) is 10.8. The van der Waals surface area contributed by atoms with Gasteiger partial charge in [-0.25, -0.2) is 4.79 Å². The fourth-order valence-electron chi connectivity index (χ4n) is 3.49. The molecule has 0 fully saturated rings. The maximum atomic E-state index is 13.8. The zero-order valence-corrected chi connectivity index (χ0v) is 22.9. The number of carbonyl (C=O) groups is 3. The van der Waals surface area contributed by atoms with Crippen LogP contribution in [0.4, 0.5) is 4.79 Å². The molecular weight excluding hydrogens is 450 g/mol. The van der Waals surface area contributed by atoms with Gasteiger partial charge in [-0.05, 0) is 65.5 Å². The third kappa shape index (κ3) is 9.20. The molecule has 192 valence electrons. The molecule has 1 rings (SSSR count). The van der Waals surface area contributed by atoms with Gasteiger partial charge in [0, 0.05) is 17.8 Å². The fourth-order valence-corrected chi connectivity index (χ4v) is 3.73. The molecule has 0 saturated carbocycles. The quantitative estimate of drug-likeness (QED) is 0.327. The van der Waals surface area contributed by atoms with Gasteiger partial charge in [0.15, 0.2) is 0 Å². The zero-order valence-electron chi connectivity index (χ0n) is 22.0. The van der Waals surface area contributed by atoms with Crippen LogP contribution in [0.1, 0.15) is 85.4 Å². The van der Waals surface area contributed by atoms with Crippen LogP contribution >= 0.6 is 12.6 Å². The number of aryl methyl sites for hydroxylation is 1. The van der Waals surface area contributed by atoms with Crippen LogP contribution in [0.5, 0.6) is 0 Å². The van der Waals surface area contributed by atoms with E-state index in [0.29, 0.717) is 12.1 Å². The maximum Gasteiger partial charge on any atom is 0.408 e. The van der Waals surface area contributed by atoms with E-state index in [1.54, 1.807) is 25.7 Å². The average Bonchev–Trinajstić information content (AvgIpc) is 2.73. The predicted molar refractivity (Wildman–Crippen MR) is 140 cm³/mol.